The van der Waals surface area contributed by atoms with E-state index in [-0.39, 0.29) is 32.7 Å². The van der Waals surface area contributed by atoms with E-state index in [0.29, 0.717) is 0 Å². The summed E-state index contributed by atoms with van der Waals surface area (Å²) in [7, 11) is 0. The van der Waals surface area contributed by atoms with Gasteiger partial charge in [-0.3, -0.25) is 0 Å². The Morgan fingerprint density at radius 2 is 0.724 bits per heavy atom. The zero-order valence-electron chi connectivity index (χ0n) is 15.8. The Bertz CT molecular complexity index is 1390. The Morgan fingerprint density at radius 3 is 1.10 bits per heavy atom. The molecule has 6 aromatic carbocycles. The van der Waals surface area contributed by atoms with Gasteiger partial charge in [0.15, 0.2) is 0 Å². The van der Waals surface area contributed by atoms with Crippen LogP contribution in [0.3, 0.4) is 0 Å². The second-order valence-electron chi connectivity index (χ2n) is 7.35. The molecule has 0 saturated carbocycles. The van der Waals surface area contributed by atoms with Crippen LogP contribution in [0, 0.1) is 12.1 Å². The molecule has 0 unspecified atom stereocenters. The van der Waals surface area contributed by atoms with E-state index in [1.54, 1.807) is 0 Å². The SMILES string of the molecule is [Y].[c-]1cc2cc3ccccc3cc2cc1-c1[c-]cc2cc3ccccc3cc2c1. The minimum atomic E-state index is 0. The number of fused-ring (bicyclic) bond motifs is 4. The summed E-state index contributed by atoms with van der Waals surface area (Å²) in [5.74, 6) is 0. The van der Waals surface area contributed by atoms with Crippen LogP contribution in [0.4, 0.5) is 0 Å². The van der Waals surface area contributed by atoms with Crippen molar-refractivity contribution in [3.05, 3.63) is 109 Å². The van der Waals surface area contributed by atoms with Crippen LogP contribution in [0.25, 0.3) is 54.2 Å². The van der Waals surface area contributed by atoms with Crippen LogP contribution in [0.15, 0.2) is 97.1 Å². The van der Waals surface area contributed by atoms with Gasteiger partial charge < -0.3 is 0 Å². The van der Waals surface area contributed by atoms with Crippen molar-refractivity contribution in [2.75, 3.05) is 0 Å². The molecule has 0 nitrogen and oxygen atoms in total. The molecule has 0 fully saturated rings. The summed E-state index contributed by atoms with van der Waals surface area (Å²) in [5, 5.41) is 9.96. The third-order valence-corrected chi connectivity index (χ3v) is 5.56. The summed E-state index contributed by atoms with van der Waals surface area (Å²) in [5.41, 5.74) is 2.16. The van der Waals surface area contributed by atoms with Crippen molar-refractivity contribution in [2.45, 2.75) is 0 Å². The first-order chi connectivity index (χ1) is 13.8. The molecule has 0 aromatic heterocycles. The monoisotopic (exact) mass is 441 g/mol. The molecule has 1 radical (unpaired) electrons. The molecule has 0 atom stereocenters. The van der Waals surface area contributed by atoms with Gasteiger partial charge in [-0.2, -0.15) is 24.3 Å². The molecule has 0 aliphatic carbocycles. The average molecular weight is 441 g/mol. The van der Waals surface area contributed by atoms with E-state index in [1.165, 1.54) is 43.1 Å². The standard InChI is InChI=1S/C28H16.Y/c1-3-7-21-15-27-17-23(9-11-25(27)13-19(21)5-1)24-10-12-26-14-20-6-2-4-8-22(20)16-28(26)18-24;/h1-8,11-18H;/q-2;. The molecule has 6 rings (SSSR count). The topological polar surface area (TPSA) is 0 Å². The summed E-state index contributed by atoms with van der Waals surface area (Å²) in [6.07, 6.45) is 0. The van der Waals surface area contributed by atoms with Crippen molar-refractivity contribution in [3.63, 3.8) is 0 Å². The van der Waals surface area contributed by atoms with Crippen LogP contribution >= 0.6 is 0 Å². The van der Waals surface area contributed by atoms with Crippen molar-refractivity contribution in [3.8, 4) is 11.1 Å². The fraction of sp³-hybridized carbons (Fsp3) is 0. The normalized spacial score (nSPS) is 11.2. The summed E-state index contributed by atoms with van der Waals surface area (Å²) < 4.78 is 0. The van der Waals surface area contributed by atoms with Crippen molar-refractivity contribution >= 4 is 43.1 Å². The van der Waals surface area contributed by atoms with Gasteiger partial charge in [0.2, 0.25) is 0 Å². The summed E-state index contributed by atoms with van der Waals surface area (Å²) in [6.45, 7) is 0. The molecule has 0 aliphatic rings. The fourth-order valence-electron chi connectivity index (χ4n) is 4.07. The van der Waals surface area contributed by atoms with Crippen molar-refractivity contribution in [2.24, 2.45) is 0 Å². The van der Waals surface area contributed by atoms with Crippen LogP contribution in [-0.4, -0.2) is 0 Å². The summed E-state index contributed by atoms with van der Waals surface area (Å²) in [6, 6.07) is 41.5. The maximum absolute atomic E-state index is 3.46. The Hall–Kier alpha value is -2.54. The third-order valence-electron chi connectivity index (χ3n) is 5.56. The van der Waals surface area contributed by atoms with Crippen molar-refractivity contribution in [1.29, 1.82) is 0 Å². The quantitative estimate of drug-likeness (QED) is 0.182. The fourth-order valence-corrected chi connectivity index (χ4v) is 4.07. The van der Waals surface area contributed by atoms with E-state index >= 15 is 0 Å². The predicted octanol–water partition coefficient (Wildman–Crippen LogP) is 7.56. The Balaban J connectivity index is 0.00000181. The van der Waals surface area contributed by atoms with E-state index in [1.807, 2.05) is 0 Å². The Morgan fingerprint density at radius 1 is 0.379 bits per heavy atom. The molecule has 0 amide bonds. The molecular formula is C28H16Y-2. The number of hydrogen-bond donors (Lipinski definition) is 0. The first kappa shape index (κ1) is 18.5. The minimum absolute atomic E-state index is 0. The van der Waals surface area contributed by atoms with Gasteiger partial charge in [-0.1, -0.05) is 72.8 Å². The molecule has 0 bridgehead atoms. The van der Waals surface area contributed by atoms with E-state index < -0.39 is 0 Å². The number of hydrogen-bond acceptors (Lipinski definition) is 0. The number of rotatable bonds is 1. The van der Waals surface area contributed by atoms with Gasteiger partial charge in [0.25, 0.3) is 0 Å². The van der Waals surface area contributed by atoms with Gasteiger partial charge >= 0.3 is 0 Å². The second kappa shape index (κ2) is 7.37. The van der Waals surface area contributed by atoms with E-state index in [0.717, 1.165) is 11.1 Å². The molecule has 0 spiro atoms. The first-order valence-corrected chi connectivity index (χ1v) is 9.52. The van der Waals surface area contributed by atoms with E-state index in [4.69, 9.17) is 0 Å². The maximum atomic E-state index is 3.46. The van der Waals surface area contributed by atoms with E-state index in [9.17, 15) is 0 Å². The maximum Gasteiger partial charge on any atom is 0 e. The van der Waals surface area contributed by atoms with Crippen LogP contribution in [0.5, 0.6) is 0 Å². The zero-order valence-corrected chi connectivity index (χ0v) is 18.7. The largest absolute Gasteiger partial charge is 0.226 e. The van der Waals surface area contributed by atoms with Crippen LogP contribution in [0.2, 0.25) is 0 Å². The van der Waals surface area contributed by atoms with Gasteiger partial charge in [-0.05, 0) is 21.5 Å². The molecule has 29 heavy (non-hydrogen) atoms. The van der Waals surface area contributed by atoms with Gasteiger partial charge in [0, 0.05) is 32.7 Å². The molecule has 0 saturated heterocycles. The molecule has 1 heteroatoms. The molecule has 133 valence electrons. The van der Waals surface area contributed by atoms with Crippen LogP contribution in [0.1, 0.15) is 0 Å². The average Bonchev–Trinajstić information content (AvgIpc) is 2.75. The zero-order chi connectivity index (χ0) is 18.5. The van der Waals surface area contributed by atoms with Crippen LogP contribution < -0.4 is 0 Å². The van der Waals surface area contributed by atoms with Crippen molar-refractivity contribution < 1.29 is 32.7 Å². The van der Waals surface area contributed by atoms with Gasteiger partial charge in [-0.25, -0.2) is 11.1 Å². The first-order valence-electron chi connectivity index (χ1n) is 9.52. The molecule has 6 aromatic rings. The van der Waals surface area contributed by atoms with Crippen molar-refractivity contribution in [1.82, 2.24) is 0 Å². The minimum Gasteiger partial charge on any atom is -0.226 e. The smallest absolute Gasteiger partial charge is 0 e. The summed E-state index contributed by atoms with van der Waals surface area (Å²) in [4.78, 5) is 0. The second-order valence-corrected chi connectivity index (χ2v) is 7.35. The van der Waals surface area contributed by atoms with Gasteiger partial charge in [0.1, 0.15) is 0 Å². The van der Waals surface area contributed by atoms with Gasteiger partial charge in [-0.15, -0.1) is 33.7 Å². The molecular weight excluding hydrogens is 425 g/mol. The molecule has 0 heterocycles. The van der Waals surface area contributed by atoms with Crippen LogP contribution in [-0.2, 0) is 32.7 Å². The van der Waals surface area contributed by atoms with Gasteiger partial charge in [0.05, 0.1) is 0 Å². The summed E-state index contributed by atoms with van der Waals surface area (Å²) >= 11 is 0. The Labute approximate surface area is 195 Å². The molecule has 0 aliphatic heterocycles. The molecule has 0 N–H and O–H groups in total. The number of benzene rings is 6. The third kappa shape index (κ3) is 3.27. The van der Waals surface area contributed by atoms with E-state index in [2.05, 4.69) is 109 Å². The Kier molecular flexibility index (Phi) is 4.70. The predicted molar refractivity (Wildman–Crippen MR) is 120 cm³/mol.